The highest BCUT2D eigenvalue weighted by Crippen LogP contribution is 2.25. The van der Waals surface area contributed by atoms with Crippen LogP contribution in [0.1, 0.15) is 36.6 Å². The Morgan fingerprint density at radius 2 is 1.37 bits per heavy atom. The molecule has 3 rings (SSSR count). The van der Waals surface area contributed by atoms with E-state index in [1.54, 1.807) is 12.1 Å². The zero-order valence-electron chi connectivity index (χ0n) is 18.9. The molecule has 0 atom stereocenters. The lowest BCUT2D eigenvalue weighted by molar-refractivity contribution is 0.0598. The summed E-state index contributed by atoms with van der Waals surface area (Å²) < 4.78 is 37.2. The fourth-order valence-corrected chi connectivity index (χ4v) is 4.32. The van der Waals surface area contributed by atoms with E-state index in [-0.39, 0.29) is 38.0 Å². The van der Waals surface area contributed by atoms with E-state index in [4.69, 9.17) is 11.6 Å². The van der Waals surface area contributed by atoms with E-state index in [2.05, 4.69) is 19.5 Å². The number of halogens is 1. The first-order valence-electron chi connectivity index (χ1n) is 10.1. The van der Waals surface area contributed by atoms with Crippen molar-refractivity contribution in [3.63, 3.8) is 0 Å². The number of carbonyl (C=O) groups excluding carboxylic acids is 3. The van der Waals surface area contributed by atoms with Crippen LogP contribution in [0.5, 0.6) is 0 Å². The molecule has 3 aromatic carbocycles. The fraction of sp³-hybridized carbons (Fsp3) is 0.125. The fourth-order valence-electron chi connectivity index (χ4n) is 3.06. The summed E-state index contributed by atoms with van der Waals surface area (Å²) >= 11 is 6.19. The number of hydrogen-bond donors (Lipinski definition) is 2. The van der Waals surface area contributed by atoms with Crippen molar-refractivity contribution in [3.8, 4) is 0 Å². The van der Waals surface area contributed by atoms with E-state index in [0.717, 1.165) is 5.56 Å². The van der Waals surface area contributed by atoms with Crippen molar-refractivity contribution in [1.29, 1.82) is 0 Å². The van der Waals surface area contributed by atoms with Gasteiger partial charge < -0.3 is 14.8 Å². The molecule has 0 heterocycles. The van der Waals surface area contributed by atoms with Crippen molar-refractivity contribution < 1.29 is 32.3 Å². The molecule has 3 aromatic rings. The first kappa shape index (κ1) is 25.7. The molecule has 1 amide bonds. The molecule has 0 aliphatic rings. The van der Waals surface area contributed by atoms with Gasteiger partial charge in [0.15, 0.2) is 0 Å². The van der Waals surface area contributed by atoms with Crippen molar-refractivity contribution in [2.45, 2.75) is 11.8 Å². The normalized spacial score (nSPS) is 10.9. The lowest BCUT2D eigenvalue weighted by atomic mass is 10.1. The monoisotopic (exact) mass is 516 g/mol. The number of amides is 1. The molecule has 0 saturated heterocycles. The first-order valence-corrected chi connectivity index (χ1v) is 11.9. The molecule has 0 radical (unpaired) electrons. The minimum Gasteiger partial charge on any atom is -0.465 e. The molecule has 0 aromatic heterocycles. The Bertz CT molecular complexity index is 1370. The van der Waals surface area contributed by atoms with Crippen molar-refractivity contribution in [2.75, 3.05) is 24.3 Å². The maximum absolute atomic E-state index is 13.0. The van der Waals surface area contributed by atoms with Gasteiger partial charge in [0, 0.05) is 11.4 Å². The molecule has 0 fully saturated rings. The zero-order chi connectivity index (χ0) is 25.8. The standard InChI is InChI=1S/C24H21ClN2O7S/c1-14-4-7-19(8-5-14)35(31,32)27-17-6-9-21(25)20(13-17)22(28)26-18-11-15(23(29)33-2)10-16(12-18)24(30)34-3/h4-13,27H,1-3H3,(H,26,28). The molecule has 0 unspecified atom stereocenters. The average Bonchev–Trinajstić information content (AvgIpc) is 2.84. The average molecular weight is 517 g/mol. The van der Waals surface area contributed by atoms with E-state index in [0.29, 0.717) is 0 Å². The van der Waals surface area contributed by atoms with Gasteiger partial charge in [0.25, 0.3) is 15.9 Å². The highest BCUT2D eigenvalue weighted by molar-refractivity contribution is 7.92. The lowest BCUT2D eigenvalue weighted by Gasteiger charge is -2.13. The minimum atomic E-state index is -3.91. The molecule has 0 aliphatic carbocycles. The minimum absolute atomic E-state index is 0.0106. The number of hydrogen-bond acceptors (Lipinski definition) is 7. The predicted molar refractivity (Wildman–Crippen MR) is 131 cm³/mol. The first-order chi connectivity index (χ1) is 16.5. The highest BCUT2D eigenvalue weighted by atomic mass is 35.5. The summed E-state index contributed by atoms with van der Waals surface area (Å²) in [6, 6.07) is 14.2. The second-order valence-electron chi connectivity index (χ2n) is 7.35. The maximum atomic E-state index is 13.0. The lowest BCUT2D eigenvalue weighted by Crippen LogP contribution is -2.16. The van der Waals surface area contributed by atoms with Crippen LogP contribution in [0.25, 0.3) is 0 Å². The van der Waals surface area contributed by atoms with Gasteiger partial charge in [0.2, 0.25) is 0 Å². The van der Waals surface area contributed by atoms with Crippen LogP contribution < -0.4 is 10.0 Å². The van der Waals surface area contributed by atoms with Gasteiger partial charge in [-0.2, -0.15) is 0 Å². The number of rotatable bonds is 7. The van der Waals surface area contributed by atoms with Gasteiger partial charge in [0.05, 0.1) is 40.8 Å². The third kappa shape index (κ3) is 6.17. The Balaban J connectivity index is 1.90. The van der Waals surface area contributed by atoms with E-state index in [1.165, 1.54) is 62.8 Å². The number of methoxy groups -OCH3 is 2. The third-order valence-electron chi connectivity index (χ3n) is 4.83. The molecule has 0 bridgehead atoms. The van der Waals surface area contributed by atoms with Gasteiger partial charge in [-0.25, -0.2) is 18.0 Å². The Hall–Kier alpha value is -3.89. The number of nitrogens with one attached hydrogen (secondary N) is 2. The second-order valence-corrected chi connectivity index (χ2v) is 9.44. The van der Waals surface area contributed by atoms with Gasteiger partial charge >= 0.3 is 11.9 Å². The van der Waals surface area contributed by atoms with E-state index in [9.17, 15) is 22.8 Å². The molecule has 0 spiro atoms. The SMILES string of the molecule is COC(=O)c1cc(NC(=O)c2cc(NS(=O)(=O)c3ccc(C)cc3)ccc2Cl)cc(C(=O)OC)c1. The van der Waals surface area contributed by atoms with Crippen LogP contribution in [0.4, 0.5) is 11.4 Å². The Morgan fingerprint density at radius 1 is 0.800 bits per heavy atom. The van der Waals surface area contributed by atoms with Crippen molar-refractivity contribution in [3.05, 3.63) is 87.9 Å². The molecule has 9 nitrogen and oxygen atoms in total. The maximum Gasteiger partial charge on any atom is 0.337 e. The summed E-state index contributed by atoms with van der Waals surface area (Å²) in [4.78, 5) is 37.0. The summed E-state index contributed by atoms with van der Waals surface area (Å²) in [6.07, 6.45) is 0. The van der Waals surface area contributed by atoms with E-state index in [1.807, 2.05) is 6.92 Å². The Labute approximate surface area is 207 Å². The van der Waals surface area contributed by atoms with Gasteiger partial charge in [-0.15, -0.1) is 0 Å². The van der Waals surface area contributed by atoms with Crippen molar-refractivity contribution in [1.82, 2.24) is 0 Å². The van der Waals surface area contributed by atoms with Crippen molar-refractivity contribution >= 4 is 50.8 Å². The molecule has 0 aliphatic heterocycles. The Kier molecular flexibility index (Phi) is 7.78. The number of benzene rings is 3. The summed E-state index contributed by atoms with van der Waals surface area (Å²) in [5.41, 5.74) is 1.09. The molecule has 35 heavy (non-hydrogen) atoms. The molecule has 11 heteroatoms. The van der Waals surface area contributed by atoms with Crippen LogP contribution in [-0.4, -0.2) is 40.5 Å². The number of aryl methyl sites for hydroxylation is 1. The quantitative estimate of drug-likeness (QED) is 0.449. The highest BCUT2D eigenvalue weighted by Gasteiger charge is 2.19. The predicted octanol–water partition coefficient (Wildman–Crippen LogP) is 4.27. The summed E-state index contributed by atoms with van der Waals surface area (Å²) in [6.45, 7) is 1.84. The van der Waals surface area contributed by atoms with Crippen LogP contribution in [0.2, 0.25) is 5.02 Å². The van der Waals surface area contributed by atoms with E-state index < -0.39 is 27.9 Å². The molecular formula is C24H21ClN2O7S. The summed E-state index contributed by atoms with van der Waals surface area (Å²) in [5, 5.41) is 2.60. The largest absolute Gasteiger partial charge is 0.465 e. The Morgan fingerprint density at radius 3 is 1.91 bits per heavy atom. The van der Waals surface area contributed by atoms with Crippen LogP contribution in [-0.2, 0) is 19.5 Å². The number of carbonyl (C=O) groups is 3. The number of anilines is 2. The van der Waals surface area contributed by atoms with Gasteiger partial charge in [0.1, 0.15) is 0 Å². The van der Waals surface area contributed by atoms with Gasteiger partial charge in [-0.3, -0.25) is 9.52 Å². The molecule has 182 valence electrons. The zero-order valence-corrected chi connectivity index (χ0v) is 20.5. The second kappa shape index (κ2) is 10.6. The summed E-state index contributed by atoms with van der Waals surface area (Å²) in [5.74, 6) is -2.15. The number of ether oxygens (including phenoxy) is 2. The van der Waals surface area contributed by atoms with Gasteiger partial charge in [-0.1, -0.05) is 29.3 Å². The van der Waals surface area contributed by atoms with Crippen LogP contribution in [0, 0.1) is 6.92 Å². The molecule has 0 saturated carbocycles. The van der Waals surface area contributed by atoms with Gasteiger partial charge in [-0.05, 0) is 55.5 Å². The van der Waals surface area contributed by atoms with Crippen LogP contribution in [0.3, 0.4) is 0 Å². The summed E-state index contributed by atoms with van der Waals surface area (Å²) in [7, 11) is -1.56. The number of esters is 2. The molecule has 2 N–H and O–H groups in total. The van der Waals surface area contributed by atoms with Crippen molar-refractivity contribution in [2.24, 2.45) is 0 Å². The third-order valence-corrected chi connectivity index (χ3v) is 6.55. The van der Waals surface area contributed by atoms with Crippen LogP contribution in [0.15, 0.2) is 65.6 Å². The number of sulfonamides is 1. The van der Waals surface area contributed by atoms with Crippen LogP contribution >= 0.6 is 11.6 Å². The van der Waals surface area contributed by atoms with E-state index >= 15 is 0 Å². The molecular weight excluding hydrogens is 496 g/mol. The smallest absolute Gasteiger partial charge is 0.337 e. The topological polar surface area (TPSA) is 128 Å².